The van der Waals surface area contributed by atoms with Crippen LogP contribution >= 0.6 is 11.6 Å². The smallest absolute Gasteiger partial charge is 0.254 e. The second-order valence-electron chi connectivity index (χ2n) is 5.79. The lowest BCUT2D eigenvalue weighted by atomic mass is 10.2. The first-order valence-electron chi connectivity index (χ1n) is 8.04. The fourth-order valence-electron chi connectivity index (χ4n) is 2.65. The number of fused-ring (bicyclic) bond motifs is 1. The zero-order chi connectivity index (χ0) is 18.1. The average Bonchev–Trinajstić information content (AvgIpc) is 3.06. The highest BCUT2D eigenvalue weighted by Crippen LogP contribution is 2.24. The molecule has 4 aromatic rings. The third-order valence-corrected chi connectivity index (χ3v) is 4.12. The van der Waals surface area contributed by atoms with Crippen LogP contribution in [0, 0.1) is 6.92 Å². The highest BCUT2D eigenvalue weighted by molar-refractivity contribution is 6.30. The van der Waals surface area contributed by atoms with E-state index in [1.807, 2.05) is 61.5 Å². The monoisotopic (exact) mass is 365 g/mol. The van der Waals surface area contributed by atoms with E-state index in [0.717, 1.165) is 28.5 Å². The van der Waals surface area contributed by atoms with Gasteiger partial charge in [0.1, 0.15) is 11.6 Å². The topological polar surface area (TPSA) is 64.3 Å². The first-order valence-corrected chi connectivity index (χ1v) is 8.41. The van der Waals surface area contributed by atoms with Gasteiger partial charge in [-0.2, -0.15) is 9.50 Å². The normalized spacial score (nSPS) is 10.9. The zero-order valence-electron chi connectivity index (χ0n) is 14.3. The molecule has 0 amide bonds. The summed E-state index contributed by atoms with van der Waals surface area (Å²) in [4.78, 5) is 9.03. The molecule has 0 unspecified atom stereocenters. The van der Waals surface area contributed by atoms with E-state index in [2.05, 4.69) is 20.4 Å². The molecular weight excluding hydrogens is 350 g/mol. The van der Waals surface area contributed by atoms with Crippen LogP contribution in [0.5, 0.6) is 5.75 Å². The van der Waals surface area contributed by atoms with Crippen LogP contribution in [0.15, 0.2) is 54.6 Å². The highest BCUT2D eigenvalue weighted by Gasteiger charge is 2.12. The van der Waals surface area contributed by atoms with Gasteiger partial charge in [0, 0.05) is 28.0 Å². The maximum atomic E-state index is 6.07. The SMILES string of the molecule is COc1ccc(-c2nc3nc(C)cc(Nc4cccc(Cl)c4)n3n2)cc1. The van der Waals surface area contributed by atoms with E-state index < -0.39 is 0 Å². The number of nitrogens with one attached hydrogen (secondary N) is 1. The van der Waals surface area contributed by atoms with Gasteiger partial charge < -0.3 is 10.1 Å². The molecule has 0 fully saturated rings. The quantitative estimate of drug-likeness (QED) is 0.576. The third kappa shape index (κ3) is 3.19. The summed E-state index contributed by atoms with van der Waals surface area (Å²) in [5.41, 5.74) is 2.60. The van der Waals surface area contributed by atoms with Gasteiger partial charge in [-0.25, -0.2) is 4.98 Å². The Hall–Kier alpha value is -3.12. The van der Waals surface area contributed by atoms with Gasteiger partial charge in [-0.05, 0) is 49.4 Å². The summed E-state index contributed by atoms with van der Waals surface area (Å²) in [5, 5.41) is 8.59. The van der Waals surface area contributed by atoms with Crippen molar-refractivity contribution in [3.05, 3.63) is 65.3 Å². The molecule has 0 radical (unpaired) electrons. The number of aromatic nitrogens is 4. The Kier molecular flexibility index (Phi) is 4.18. The minimum absolute atomic E-state index is 0.528. The van der Waals surface area contributed by atoms with Crippen molar-refractivity contribution in [2.24, 2.45) is 0 Å². The van der Waals surface area contributed by atoms with Gasteiger partial charge in [-0.1, -0.05) is 17.7 Å². The van der Waals surface area contributed by atoms with Crippen molar-refractivity contribution >= 4 is 28.9 Å². The summed E-state index contributed by atoms with van der Waals surface area (Å²) >= 11 is 6.07. The number of hydrogen-bond donors (Lipinski definition) is 1. The number of halogens is 1. The van der Waals surface area contributed by atoms with Crippen molar-refractivity contribution in [1.82, 2.24) is 19.6 Å². The van der Waals surface area contributed by atoms with Crippen LogP contribution in [0.25, 0.3) is 17.2 Å². The first kappa shape index (κ1) is 16.4. The van der Waals surface area contributed by atoms with Crippen LogP contribution in [-0.2, 0) is 0 Å². The molecule has 130 valence electrons. The summed E-state index contributed by atoms with van der Waals surface area (Å²) in [6.07, 6.45) is 0. The lowest BCUT2D eigenvalue weighted by molar-refractivity contribution is 0.415. The van der Waals surface area contributed by atoms with Gasteiger partial charge in [0.25, 0.3) is 5.78 Å². The molecule has 0 bridgehead atoms. The van der Waals surface area contributed by atoms with Crippen molar-refractivity contribution in [1.29, 1.82) is 0 Å². The Bertz CT molecular complexity index is 1080. The van der Waals surface area contributed by atoms with Crippen molar-refractivity contribution in [2.75, 3.05) is 12.4 Å². The standard InChI is InChI=1S/C19H16ClN5O/c1-12-10-17(22-15-5-3-4-14(20)11-15)25-19(21-12)23-18(24-25)13-6-8-16(26-2)9-7-13/h3-11,22H,1-2H3. The third-order valence-electron chi connectivity index (χ3n) is 3.89. The lowest BCUT2D eigenvalue weighted by Gasteiger charge is -2.08. The van der Waals surface area contributed by atoms with E-state index in [0.29, 0.717) is 16.6 Å². The maximum Gasteiger partial charge on any atom is 0.254 e. The van der Waals surface area contributed by atoms with Gasteiger partial charge in [0.2, 0.25) is 0 Å². The zero-order valence-corrected chi connectivity index (χ0v) is 15.0. The Morgan fingerprint density at radius 3 is 2.58 bits per heavy atom. The number of anilines is 2. The molecule has 7 heteroatoms. The van der Waals surface area contributed by atoms with E-state index >= 15 is 0 Å². The second-order valence-corrected chi connectivity index (χ2v) is 6.23. The van der Waals surface area contributed by atoms with Crippen molar-refractivity contribution in [3.63, 3.8) is 0 Å². The highest BCUT2D eigenvalue weighted by atomic mass is 35.5. The Morgan fingerprint density at radius 1 is 1.04 bits per heavy atom. The molecule has 1 N–H and O–H groups in total. The fraction of sp³-hybridized carbons (Fsp3) is 0.105. The minimum atomic E-state index is 0.528. The molecule has 6 nitrogen and oxygen atoms in total. The number of hydrogen-bond acceptors (Lipinski definition) is 5. The molecule has 2 heterocycles. The average molecular weight is 366 g/mol. The summed E-state index contributed by atoms with van der Waals surface area (Å²) < 4.78 is 6.88. The number of ether oxygens (including phenoxy) is 1. The Balaban J connectivity index is 1.77. The molecule has 26 heavy (non-hydrogen) atoms. The summed E-state index contributed by atoms with van der Waals surface area (Å²) in [6, 6.07) is 17.0. The van der Waals surface area contributed by atoms with Crippen LogP contribution in [0.1, 0.15) is 5.69 Å². The molecule has 4 rings (SSSR count). The van der Waals surface area contributed by atoms with Crippen LogP contribution in [-0.4, -0.2) is 26.7 Å². The number of aryl methyl sites for hydroxylation is 1. The summed E-state index contributed by atoms with van der Waals surface area (Å²) in [7, 11) is 1.64. The number of rotatable bonds is 4. The largest absolute Gasteiger partial charge is 0.497 e. The number of nitrogens with zero attached hydrogens (tertiary/aromatic N) is 4. The summed E-state index contributed by atoms with van der Waals surface area (Å²) in [6.45, 7) is 1.92. The van der Waals surface area contributed by atoms with Crippen molar-refractivity contribution in [3.8, 4) is 17.1 Å². The van der Waals surface area contributed by atoms with Gasteiger partial charge in [-0.15, -0.1) is 5.10 Å². The molecule has 0 spiro atoms. The van der Waals surface area contributed by atoms with Crippen LogP contribution in [0.4, 0.5) is 11.5 Å². The first-order chi connectivity index (χ1) is 12.6. The molecule has 0 saturated heterocycles. The minimum Gasteiger partial charge on any atom is -0.497 e. The predicted molar refractivity (Wildman–Crippen MR) is 102 cm³/mol. The Morgan fingerprint density at radius 2 is 1.85 bits per heavy atom. The Labute approximate surface area is 155 Å². The van der Waals surface area contributed by atoms with Gasteiger partial charge in [-0.3, -0.25) is 0 Å². The molecular formula is C19H16ClN5O. The van der Waals surface area contributed by atoms with Crippen molar-refractivity contribution < 1.29 is 4.74 Å². The van der Waals surface area contributed by atoms with E-state index in [9.17, 15) is 0 Å². The predicted octanol–water partition coefficient (Wildman–Crippen LogP) is 4.51. The summed E-state index contributed by atoms with van der Waals surface area (Å²) in [5.74, 6) is 2.68. The van der Waals surface area contributed by atoms with Gasteiger partial charge >= 0.3 is 0 Å². The second kappa shape index (κ2) is 6.65. The van der Waals surface area contributed by atoms with Gasteiger partial charge in [0.15, 0.2) is 5.82 Å². The van der Waals surface area contributed by atoms with Crippen LogP contribution in [0.3, 0.4) is 0 Å². The maximum absolute atomic E-state index is 6.07. The van der Waals surface area contributed by atoms with E-state index in [1.54, 1.807) is 11.6 Å². The molecule has 2 aromatic carbocycles. The molecule has 0 aliphatic rings. The van der Waals surface area contributed by atoms with Crippen LogP contribution < -0.4 is 10.1 Å². The van der Waals surface area contributed by atoms with E-state index in [4.69, 9.17) is 16.3 Å². The molecule has 0 aliphatic heterocycles. The molecule has 2 aromatic heterocycles. The molecule has 0 aliphatic carbocycles. The lowest BCUT2D eigenvalue weighted by Crippen LogP contribution is -2.02. The fourth-order valence-corrected chi connectivity index (χ4v) is 2.84. The molecule has 0 saturated carbocycles. The van der Waals surface area contributed by atoms with Crippen molar-refractivity contribution in [2.45, 2.75) is 6.92 Å². The number of benzene rings is 2. The van der Waals surface area contributed by atoms with Crippen LogP contribution in [0.2, 0.25) is 5.02 Å². The van der Waals surface area contributed by atoms with E-state index in [-0.39, 0.29) is 0 Å². The molecule has 0 atom stereocenters. The van der Waals surface area contributed by atoms with Gasteiger partial charge in [0.05, 0.1) is 7.11 Å². The van der Waals surface area contributed by atoms with E-state index in [1.165, 1.54) is 0 Å². The number of methoxy groups -OCH3 is 1.